The number of amides is 3. The van der Waals surface area contributed by atoms with E-state index >= 15 is 0 Å². The van der Waals surface area contributed by atoms with Crippen LogP contribution in [0.1, 0.15) is 37.1 Å². The lowest BCUT2D eigenvalue weighted by atomic mass is 9.98. The molecule has 0 radical (unpaired) electrons. The summed E-state index contributed by atoms with van der Waals surface area (Å²) in [6.45, 7) is 3.79. The van der Waals surface area contributed by atoms with E-state index in [0.29, 0.717) is 12.1 Å². The second-order valence-corrected chi connectivity index (χ2v) is 10.1. The summed E-state index contributed by atoms with van der Waals surface area (Å²) in [5, 5.41) is 17.8. The van der Waals surface area contributed by atoms with E-state index in [0.717, 1.165) is 11.1 Å². The highest BCUT2D eigenvalue weighted by Gasteiger charge is 2.31. The molecule has 5 unspecified atom stereocenters. The summed E-state index contributed by atoms with van der Waals surface area (Å²) >= 11 is 0. The molecule has 3 amide bonds. The van der Waals surface area contributed by atoms with Crippen LogP contribution in [-0.4, -0.2) is 62.9 Å². The first-order valence-corrected chi connectivity index (χ1v) is 13.6. The molecule has 0 aliphatic rings. The highest BCUT2D eigenvalue weighted by atomic mass is 16.4. The van der Waals surface area contributed by atoms with Gasteiger partial charge in [-0.3, -0.25) is 14.4 Å². The highest BCUT2D eigenvalue weighted by Crippen LogP contribution is 2.10. The van der Waals surface area contributed by atoms with Crippen LogP contribution in [0.2, 0.25) is 0 Å². The summed E-state index contributed by atoms with van der Waals surface area (Å²) in [4.78, 5) is 58.7. The molecule has 2 aromatic carbocycles. The average molecular weight is 563 g/mol. The van der Waals surface area contributed by atoms with Crippen LogP contribution in [0.15, 0.2) is 73.2 Å². The van der Waals surface area contributed by atoms with Gasteiger partial charge in [0.05, 0.1) is 12.4 Å². The Morgan fingerprint density at radius 3 is 1.73 bits per heavy atom. The van der Waals surface area contributed by atoms with Crippen LogP contribution >= 0.6 is 0 Å². The molecule has 41 heavy (non-hydrogen) atoms. The Morgan fingerprint density at radius 1 is 0.805 bits per heavy atom. The first-order valence-electron chi connectivity index (χ1n) is 13.6. The lowest BCUT2D eigenvalue weighted by molar-refractivity contribution is -0.142. The number of carboxylic acid groups (broad SMARTS) is 1. The Hall–Kier alpha value is -4.51. The maximum Gasteiger partial charge on any atom is 0.326 e. The Kier molecular flexibility index (Phi) is 11.6. The van der Waals surface area contributed by atoms with Crippen molar-refractivity contribution in [2.75, 3.05) is 0 Å². The minimum atomic E-state index is -1.26. The summed E-state index contributed by atoms with van der Waals surface area (Å²) in [6.07, 6.45) is 3.84. The first kappa shape index (κ1) is 31.0. The van der Waals surface area contributed by atoms with E-state index in [2.05, 4.69) is 25.9 Å². The lowest BCUT2D eigenvalue weighted by Crippen LogP contribution is -2.58. The molecule has 0 spiro atoms. The largest absolute Gasteiger partial charge is 0.480 e. The average Bonchev–Trinajstić information content (AvgIpc) is 3.49. The molecule has 1 heterocycles. The Bertz CT molecular complexity index is 1270. The quantitative estimate of drug-likeness (QED) is 0.162. The van der Waals surface area contributed by atoms with E-state index in [1.165, 1.54) is 12.5 Å². The molecule has 11 heteroatoms. The molecule has 3 rings (SSSR count). The first-order chi connectivity index (χ1) is 19.7. The molecule has 7 N–H and O–H groups in total. The van der Waals surface area contributed by atoms with Crippen LogP contribution in [0, 0.1) is 5.92 Å². The molecule has 3 aromatic rings. The molecule has 0 saturated carbocycles. The minimum absolute atomic E-state index is 0.0206. The van der Waals surface area contributed by atoms with Gasteiger partial charge in [0.2, 0.25) is 17.7 Å². The van der Waals surface area contributed by atoms with Gasteiger partial charge in [-0.2, -0.15) is 0 Å². The third-order valence-electron chi connectivity index (χ3n) is 6.98. The number of hydrogen-bond acceptors (Lipinski definition) is 6. The van der Waals surface area contributed by atoms with Crippen LogP contribution in [0.5, 0.6) is 0 Å². The van der Waals surface area contributed by atoms with E-state index in [4.69, 9.17) is 5.73 Å². The molecular weight excluding hydrogens is 524 g/mol. The molecule has 5 atom stereocenters. The zero-order valence-electron chi connectivity index (χ0n) is 23.2. The fourth-order valence-electron chi connectivity index (χ4n) is 4.26. The summed E-state index contributed by atoms with van der Waals surface area (Å²) in [5.74, 6) is -3.06. The number of aliphatic carboxylic acids is 1. The van der Waals surface area contributed by atoms with E-state index < -0.39 is 47.9 Å². The normalized spacial score (nSPS) is 14.6. The van der Waals surface area contributed by atoms with Crippen LogP contribution < -0.4 is 21.7 Å². The fourth-order valence-corrected chi connectivity index (χ4v) is 4.26. The molecule has 0 aliphatic carbocycles. The number of H-pyrrole nitrogens is 1. The van der Waals surface area contributed by atoms with Gasteiger partial charge in [0.25, 0.3) is 0 Å². The SMILES string of the molecule is CCC(C)C(N)C(=O)NC(Cc1ccccc1)C(=O)NC(Cc1ccccc1)C(=O)NC(Cc1cnc[nH]1)C(=O)O. The molecule has 0 aliphatic heterocycles. The summed E-state index contributed by atoms with van der Waals surface area (Å²) in [7, 11) is 0. The number of nitrogens with two attached hydrogens (primary N) is 1. The molecule has 0 fully saturated rings. The lowest BCUT2D eigenvalue weighted by Gasteiger charge is -2.26. The van der Waals surface area contributed by atoms with Gasteiger partial charge in [0, 0.05) is 31.2 Å². The number of carbonyl (C=O) groups excluding carboxylic acids is 3. The van der Waals surface area contributed by atoms with Gasteiger partial charge in [-0.1, -0.05) is 80.9 Å². The number of carboxylic acids is 1. The van der Waals surface area contributed by atoms with Gasteiger partial charge in [-0.05, 0) is 17.0 Å². The summed E-state index contributed by atoms with van der Waals surface area (Å²) < 4.78 is 0. The Morgan fingerprint density at radius 2 is 1.29 bits per heavy atom. The van der Waals surface area contributed by atoms with Crippen molar-refractivity contribution >= 4 is 23.7 Å². The Labute approximate surface area is 239 Å². The summed E-state index contributed by atoms with van der Waals surface area (Å²) in [5.41, 5.74) is 8.23. The molecule has 0 saturated heterocycles. The topological polar surface area (TPSA) is 179 Å². The molecule has 0 bridgehead atoms. The fraction of sp³-hybridized carbons (Fsp3) is 0.367. The molecule has 218 valence electrons. The van der Waals surface area contributed by atoms with E-state index in [9.17, 15) is 24.3 Å². The monoisotopic (exact) mass is 562 g/mol. The van der Waals surface area contributed by atoms with Crippen LogP contribution in [0.4, 0.5) is 0 Å². The predicted molar refractivity (Wildman–Crippen MR) is 153 cm³/mol. The number of hydrogen-bond donors (Lipinski definition) is 6. The predicted octanol–water partition coefficient (Wildman–Crippen LogP) is 1.35. The summed E-state index contributed by atoms with van der Waals surface area (Å²) in [6, 6.07) is 14.0. The molecule has 11 nitrogen and oxygen atoms in total. The van der Waals surface area contributed by atoms with E-state index in [1.807, 2.05) is 50.2 Å². The van der Waals surface area contributed by atoms with E-state index in [-0.39, 0.29) is 25.2 Å². The van der Waals surface area contributed by atoms with Gasteiger partial charge in [0.15, 0.2) is 0 Å². The Balaban J connectivity index is 1.83. The van der Waals surface area contributed by atoms with Gasteiger partial charge in [0.1, 0.15) is 18.1 Å². The van der Waals surface area contributed by atoms with Crippen molar-refractivity contribution in [3.63, 3.8) is 0 Å². The zero-order chi connectivity index (χ0) is 29.8. The number of aromatic amines is 1. The number of imidazole rings is 1. The maximum atomic E-state index is 13.6. The van der Waals surface area contributed by atoms with Crippen molar-refractivity contribution < 1.29 is 24.3 Å². The smallest absolute Gasteiger partial charge is 0.326 e. The number of aromatic nitrogens is 2. The standard InChI is InChI=1S/C30H38N6O5/c1-3-19(2)26(31)29(39)35-24(15-21-12-8-5-9-13-21)27(37)34-23(14-20-10-6-4-7-11-20)28(38)36-25(30(40)41)16-22-17-32-18-33-22/h4-13,17-19,23-26H,3,14-16,31H2,1-2H3,(H,32,33)(H,34,37)(H,35,39)(H,36,38)(H,40,41). The van der Waals surface area contributed by atoms with E-state index in [1.54, 1.807) is 24.3 Å². The maximum absolute atomic E-state index is 13.6. The number of nitrogens with zero attached hydrogens (tertiary/aromatic N) is 1. The van der Waals surface area contributed by atoms with Crippen molar-refractivity contribution in [2.24, 2.45) is 11.7 Å². The van der Waals surface area contributed by atoms with Crippen LogP contribution in [-0.2, 0) is 38.4 Å². The van der Waals surface area contributed by atoms with Gasteiger partial charge < -0.3 is 31.8 Å². The van der Waals surface area contributed by atoms with Gasteiger partial charge >= 0.3 is 5.97 Å². The van der Waals surface area contributed by atoms with Gasteiger partial charge in [-0.15, -0.1) is 0 Å². The minimum Gasteiger partial charge on any atom is -0.480 e. The number of benzene rings is 2. The zero-order valence-corrected chi connectivity index (χ0v) is 23.2. The number of carbonyl (C=O) groups is 4. The van der Waals surface area contributed by atoms with Crippen LogP contribution in [0.25, 0.3) is 0 Å². The van der Waals surface area contributed by atoms with Crippen molar-refractivity contribution in [1.29, 1.82) is 0 Å². The van der Waals surface area contributed by atoms with Crippen molar-refractivity contribution in [3.05, 3.63) is 90.0 Å². The number of rotatable bonds is 15. The molecular formula is C30H38N6O5. The molecule has 1 aromatic heterocycles. The van der Waals surface area contributed by atoms with Crippen LogP contribution in [0.3, 0.4) is 0 Å². The third kappa shape index (κ3) is 9.57. The van der Waals surface area contributed by atoms with Gasteiger partial charge in [-0.25, -0.2) is 9.78 Å². The second kappa shape index (κ2) is 15.3. The second-order valence-electron chi connectivity index (χ2n) is 10.1. The van der Waals surface area contributed by atoms with Crippen molar-refractivity contribution in [1.82, 2.24) is 25.9 Å². The van der Waals surface area contributed by atoms with Crippen molar-refractivity contribution in [2.45, 2.75) is 63.7 Å². The highest BCUT2D eigenvalue weighted by molar-refractivity contribution is 5.94. The van der Waals surface area contributed by atoms with Crippen molar-refractivity contribution in [3.8, 4) is 0 Å². The third-order valence-corrected chi connectivity index (χ3v) is 6.98. The number of nitrogens with one attached hydrogen (secondary N) is 4.